The first-order valence-corrected chi connectivity index (χ1v) is 10.8. The zero-order valence-corrected chi connectivity index (χ0v) is 19.0. The Balaban J connectivity index is 1.83. The highest BCUT2D eigenvalue weighted by Gasteiger charge is 2.46. The molecule has 1 atom stereocenters. The predicted octanol–water partition coefficient (Wildman–Crippen LogP) is 5.80. The molecule has 2 N–H and O–H groups in total. The zero-order chi connectivity index (χ0) is 24.6. The van der Waals surface area contributed by atoms with E-state index in [9.17, 15) is 33.0 Å². The zero-order valence-electron chi connectivity index (χ0n) is 17.4. The minimum Gasteiger partial charge on any atom is -0.508 e. The van der Waals surface area contributed by atoms with Gasteiger partial charge < -0.3 is 15.1 Å². The van der Waals surface area contributed by atoms with Crippen LogP contribution < -0.4 is 0 Å². The van der Waals surface area contributed by atoms with Crippen LogP contribution in [0.2, 0.25) is 0 Å². The molecular weight excluding hydrogens is 515 g/mol. The predicted molar refractivity (Wildman–Crippen MR) is 122 cm³/mol. The van der Waals surface area contributed by atoms with Crippen molar-refractivity contribution in [2.45, 2.75) is 18.8 Å². The molecule has 1 unspecified atom stereocenters. The number of likely N-dealkylation sites (tertiary alicyclic amines) is 1. The summed E-state index contributed by atoms with van der Waals surface area (Å²) < 4.78 is 40.3. The topological polar surface area (TPSA) is 77.8 Å². The highest BCUT2D eigenvalue weighted by molar-refractivity contribution is 9.10. The summed E-state index contributed by atoms with van der Waals surface area (Å²) >= 11 is 3.29. The lowest BCUT2D eigenvalue weighted by Crippen LogP contribution is -2.29. The molecule has 0 radical (unpaired) electrons. The average molecular weight is 532 g/mol. The maximum atomic E-state index is 13.2. The van der Waals surface area contributed by atoms with E-state index in [1.807, 2.05) is 0 Å². The van der Waals surface area contributed by atoms with Crippen molar-refractivity contribution in [3.05, 3.63) is 105 Å². The van der Waals surface area contributed by atoms with Gasteiger partial charge >= 0.3 is 6.18 Å². The van der Waals surface area contributed by atoms with Crippen LogP contribution in [0, 0.1) is 0 Å². The fourth-order valence-electron chi connectivity index (χ4n) is 3.85. The van der Waals surface area contributed by atoms with Gasteiger partial charge in [0.05, 0.1) is 17.2 Å². The van der Waals surface area contributed by atoms with Crippen molar-refractivity contribution in [1.29, 1.82) is 0 Å². The number of amides is 1. The summed E-state index contributed by atoms with van der Waals surface area (Å²) in [5.74, 6) is -2.36. The third-order valence-corrected chi connectivity index (χ3v) is 6.00. The van der Waals surface area contributed by atoms with E-state index < -0.39 is 35.2 Å². The van der Waals surface area contributed by atoms with Crippen molar-refractivity contribution in [2.24, 2.45) is 0 Å². The molecule has 4 rings (SSSR count). The van der Waals surface area contributed by atoms with Gasteiger partial charge in [-0.3, -0.25) is 9.59 Å². The molecule has 34 heavy (non-hydrogen) atoms. The number of phenolic OH excluding ortho intramolecular Hbond substituents is 1. The van der Waals surface area contributed by atoms with Gasteiger partial charge in [0, 0.05) is 16.6 Å². The Morgan fingerprint density at radius 1 is 0.971 bits per heavy atom. The van der Waals surface area contributed by atoms with Crippen LogP contribution >= 0.6 is 15.9 Å². The first kappa shape index (κ1) is 23.6. The van der Waals surface area contributed by atoms with E-state index in [0.717, 1.165) is 21.5 Å². The monoisotopic (exact) mass is 531 g/mol. The Kier molecular flexibility index (Phi) is 6.22. The van der Waals surface area contributed by atoms with Gasteiger partial charge in [0.15, 0.2) is 0 Å². The number of nitrogens with zero attached hydrogens (tertiary/aromatic N) is 1. The number of alkyl halides is 3. The van der Waals surface area contributed by atoms with Crippen LogP contribution in [-0.2, 0) is 22.3 Å². The number of rotatable bonds is 4. The molecule has 1 amide bonds. The molecule has 1 heterocycles. The van der Waals surface area contributed by atoms with Gasteiger partial charge in [0.25, 0.3) is 11.7 Å². The van der Waals surface area contributed by atoms with E-state index in [0.29, 0.717) is 11.1 Å². The fourth-order valence-corrected chi connectivity index (χ4v) is 4.12. The average Bonchev–Trinajstić information content (AvgIpc) is 3.04. The minimum absolute atomic E-state index is 0.0495. The van der Waals surface area contributed by atoms with Gasteiger partial charge in [0.1, 0.15) is 11.5 Å². The number of carbonyl (C=O) groups excluding carboxylic acids is 2. The fraction of sp³-hybridized carbons (Fsp3) is 0.120. The molecule has 1 saturated heterocycles. The smallest absolute Gasteiger partial charge is 0.416 e. The molecular formula is C25H17BrF3NO4. The van der Waals surface area contributed by atoms with Gasteiger partial charge in [-0.15, -0.1) is 0 Å². The van der Waals surface area contributed by atoms with E-state index in [1.54, 1.807) is 24.3 Å². The quantitative estimate of drug-likeness (QED) is 0.253. The molecule has 3 aromatic carbocycles. The summed E-state index contributed by atoms with van der Waals surface area (Å²) in [6, 6.07) is 15.6. The highest BCUT2D eigenvalue weighted by Crippen LogP contribution is 2.41. The second-order valence-corrected chi connectivity index (χ2v) is 8.64. The highest BCUT2D eigenvalue weighted by atomic mass is 79.9. The van der Waals surface area contributed by atoms with E-state index >= 15 is 0 Å². The Labute approximate surface area is 200 Å². The Morgan fingerprint density at radius 3 is 2.24 bits per heavy atom. The maximum absolute atomic E-state index is 13.2. The summed E-state index contributed by atoms with van der Waals surface area (Å²) in [5, 5.41) is 20.7. The number of phenols is 1. The van der Waals surface area contributed by atoms with Gasteiger partial charge in [-0.1, -0.05) is 52.3 Å². The first-order valence-electron chi connectivity index (χ1n) is 10.1. The van der Waals surface area contributed by atoms with Crippen LogP contribution in [0.3, 0.4) is 0 Å². The number of Topliss-reactive ketones (excluding diaryl/α,β-unsaturated/α-hetero) is 1. The van der Waals surface area contributed by atoms with Crippen LogP contribution in [0.5, 0.6) is 5.75 Å². The van der Waals surface area contributed by atoms with Gasteiger partial charge in [0.2, 0.25) is 0 Å². The summed E-state index contributed by atoms with van der Waals surface area (Å²) in [5.41, 5.74) is -0.196. The number of benzene rings is 3. The second-order valence-electron chi connectivity index (χ2n) is 7.72. The summed E-state index contributed by atoms with van der Waals surface area (Å²) in [6.45, 7) is -0.294. The molecule has 1 aliphatic rings. The number of hydrogen-bond donors (Lipinski definition) is 2. The maximum Gasteiger partial charge on any atom is 0.416 e. The molecule has 0 spiro atoms. The van der Waals surface area contributed by atoms with Crippen LogP contribution in [-0.4, -0.2) is 26.8 Å². The molecule has 3 aromatic rings. The molecule has 0 saturated carbocycles. The first-order chi connectivity index (χ1) is 16.1. The number of halogens is 4. The molecule has 0 aromatic heterocycles. The Bertz CT molecular complexity index is 1280. The molecule has 5 nitrogen and oxygen atoms in total. The lowest BCUT2D eigenvalue weighted by molar-refractivity contribution is -0.140. The number of ketones is 1. The molecule has 9 heteroatoms. The summed E-state index contributed by atoms with van der Waals surface area (Å²) in [4.78, 5) is 27.1. The third-order valence-electron chi connectivity index (χ3n) is 5.47. The third kappa shape index (κ3) is 4.56. The van der Waals surface area contributed by atoms with Gasteiger partial charge in [-0.25, -0.2) is 0 Å². The number of aliphatic hydroxyl groups excluding tert-OH is 1. The SMILES string of the molecule is O=C1C(=O)N(Cc2cccc(C(F)(F)F)c2)C(c2ccc(O)cc2)/C1=C(\O)c1ccc(Br)cc1. The van der Waals surface area contributed by atoms with E-state index in [1.165, 1.54) is 36.4 Å². The molecule has 1 fully saturated rings. The van der Waals surface area contributed by atoms with Crippen molar-refractivity contribution in [3.63, 3.8) is 0 Å². The number of aromatic hydroxyl groups is 1. The number of carbonyl (C=O) groups is 2. The minimum atomic E-state index is -4.57. The number of aliphatic hydroxyl groups is 1. The van der Waals surface area contributed by atoms with Crippen molar-refractivity contribution < 1.29 is 33.0 Å². The summed E-state index contributed by atoms with van der Waals surface area (Å²) in [6.07, 6.45) is -4.57. The van der Waals surface area contributed by atoms with Crippen LogP contribution in [0.15, 0.2) is 82.8 Å². The largest absolute Gasteiger partial charge is 0.508 e. The van der Waals surface area contributed by atoms with Crippen LogP contribution in [0.1, 0.15) is 28.3 Å². The van der Waals surface area contributed by atoms with Gasteiger partial charge in [-0.2, -0.15) is 13.2 Å². The standard InChI is InChI=1S/C25H17BrF3NO4/c26-18-8-4-16(5-9-18)22(32)20-21(15-6-10-19(31)11-7-15)30(24(34)23(20)33)13-14-2-1-3-17(12-14)25(27,28)29/h1-12,21,31-32H,13H2/b22-20+. The lowest BCUT2D eigenvalue weighted by Gasteiger charge is -2.26. The molecule has 174 valence electrons. The molecule has 0 aliphatic carbocycles. The van der Waals surface area contributed by atoms with E-state index in [4.69, 9.17) is 0 Å². The van der Waals surface area contributed by atoms with Gasteiger partial charge in [-0.05, 0) is 47.5 Å². The Hall–Kier alpha value is -3.59. The van der Waals surface area contributed by atoms with Crippen molar-refractivity contribution in [1.82, 2.24) is 4.90 Å². The second kappa shape index (κ2) is 8.98. The lowest BCUT2D eigenvalue weighted by atomic mass is 9.95. The van der Waals surface area contributed by atoms with E-state index in [-0.39, 0.29) is 23.4 Å². The van der Waals surface area contributed by atoms with E-state index in [2.05, 4.69) is 15.9 Å². The van der Waals surface area contributed by atoms with Crippen molar-refractivity contribution in [2.75, 3.05) is 0 Å². The Morgan fingerprint density at radius 2 is 1.62 bits per heavy atom. The number of hydrogen-bond acceptors (Lipinski definition) is 4. The van der Waals surface area contributed by atoms with Crippen molar-refractivity contribution >= 4 is 33.4 Å². The normalized spacial score (nSPS) is 17.9. The van der Waals surface area contributed by atoms with Crippen molar-refractivity contribution in [3.8, 4) is 5.75 Å². The molecule has 0 bridgehead atoms. The van der Waals surface area contributed by atoms with Crippen LogP contribution in [0.4, 0.5) is 13.2 Å². The summed E-state index contributed by atoms with van der Waals surface area (Å²) in [7, 11) is 0. The molecule has 1 aliphatic heterocycles. The van der Waals surface area contributed by atoms with Crippen LogP contribution in [0.25, 0.3) is 5.76 Å².